The highest BCUT2D eigenvalue weighted by Gasteiger charge is 2.34. The number of nitrogens with zero attached hydrogens (tertiary/aromatic N) is 1. The molecule has 1 fully saturated rings. The van der Waals surface area contributed by atoms with Gasteiger partial charge in [-0.05, 0) is 60.7 Å². The van der Waals surface area contributed by atoms with Crippen LogP contribution in [0.15, 0.2) is 42.5 Å². The van der Waals surface area contributed by atoms with Crippen molar-refractivity contribution in [3.63, 3.8) is 0 Å². The van der Waals surface area contributed by atoms with Gasteiger partial charge in [0.05, 0.1) is 24.2 Å². The molecule has 138 valence electrons. The van der Waals surface area contributed by atoms with E-state index in [1.807, 2.05) is 18.2 Å². The van der Waals surface area contributed by atoms with Crippen LogP contribution in [0.4, 0.5) is 5.69 Å². The number of fused-ring (bicyclic) bond motifs is 1. The molecule has 1 amide bonds. The first-order valence-corrected chi connectivity index (χ1v) is 9.16. The number of ether oxygens (including phenoxy) is 2. The molecule has 2 aromatic rings. The zero-order valence-electron chi connectivity index (χ0n) is 14.9. The third-order valence-corrected chi connectivity index (χ3v) is 4.80. The molecule has 0 saturated heterocycles. The van der Waals surface area contributed by atoms with Gasteiger partial charge >= 0.3 is 0 Å². The van der Waals surface area contributed by atoms with Crippen molar-refractivity contribution in [2.75, 3.05) is 25.1 Å². The van der Waals surface area contributed by atoms with Gasteiger partial charge in [-0.15, -0.1) is 0 Å². The van der Waals surface area contributed by atoms with Gasteiger partial charge in [-0.2, -0.15) is 5.26 Å². The lowest BCUT2D eigenvalue weighted by Crippen LogP contribution is -2.34. The minimum Gasteiger partial charge on any atom is -0.486 e. The first kappa shape index (κ1) is 17.2. The number of carbonyl (C=O) groups excluding carboxylic acids is 1. The molecule has 2 aliphatic rings. The Morgan fingerprint density at radius 3 is 2.56 bits per heavy atom. The molecule has 2 N–H and O–H groups in total. The summed E-state index contributed by atoms with van der Waals surface area (Å²) in [6.45, 7) is 1.29. The minimum atomic E-state index is -0.0638. The summed E-state index contributed by atoms with van der Waals surface area (Å²) in [4.78, 5) is 12.5. The zero-order valence-corrected chi connectivity index (χ0v) is 14.9. The number of nitriles is 1. The Bertz CT molecular complexity index is 869. The van der Waals surface area contributed by atoms with E-state index in [-0.39, 0.29) is 18.5 Å². The number of anilines is 1. The lowest BCUT2D eigenvalue weighted by atomic mass is 10.0. The van der Waals surface area contributed by atoms with E-state index < -0.39 is 0 Å². The van der Waals surface area contributed by atoms with E-state index in [1.165, 1.54) is 0 Å². The molecule has 1 unspecified atom stereocenters. The third-order valence-electron chi connectivity index (χ3n) is 4.80. The molecule has 0 spiro atoms. The number of amides is 1. The summed E-state index contributed by atoms with van der Waals surface area (Å²) in [5.74, 6) is 1.90. The Kier molecular flexibility index (Phi) is 4.84. The van der Waals surface area contributed by atoms with Crippen molar-refractivity contribution in [2.45, 2.75) is 18.9 Å². The minimum absolute atomic E-state index is 0.0175. The number of hydrogen-bond donors (Lipinski definition) is 2. The van der Waals surface area contributed by atoms with Gasteiger partial charge in [0.25, 0.3) is 0 Å². The van der Waals surface area contributed by atoms with Crippen LogP contribution in [0.2, 0.25) is 0 Å². The second kappa shape index (κ2) is 7.58. The third kappa shape index (κ3) is 4.14. The number of hydrogen-bond acceptors (Lipinski definition) is 5. The van der Waals surface area contributed by atoms with E-state index in [0.29, 0.717) is 24.7 Å². The van der Waals surface area contributed by atoms with E-state index in [9.17, 15) is 4.79 Å². The number of rotatable bonds is 6. The highest BCUT2D eigenvalue weighted by Crippen LogP contribution is 2.43. The first-order chi connectivity index (χ1) is 13.2. The smallest absolute Gasteiger partial charge is 0.239 e. The van der Waals surface area contributed by atoms with Crippen LogP contribution in [-0.4, -0.2) is 25.7 Å². The second-order valence-electron chi connectivity index (χ2n) is 6.83. The van der Waals surface area contributed by atoms with Gasteiger partial charge < -0.3 is 20.1 Å². The van der Waals surface area contributed by atoms with E-state index in [4.69, 9.17) is 14.7 Å². The molecule has 2 aromatic carbocycles. The monoisotopic (exact) mass is 363 g/mol. The fraction of sp³-hybridized carbons (Fsp3) is 0.333. The largest absolute Gasteiger partial charge is 0.486 e. The van der Waals surface area contributed by atoms with Gasteiger partial charge in [0.1, 0.15) is 13.2 Å². The average molecular weight is 363 g/mol. The molecule has 1 aliphatic carbocycles. The Hall–Kier alpha value is -3.20. The highest BCUT2D eigenvalue weighted by molar-refractivity contribution is 5.81. The SMILES string of the molecule is N#Cc1ccc(NCC(=O)NC(c2ccc3c(c2)OCCO3)C2CC2)cc1. The summed E-state index contributed by atoms with van der Waals surface area (Å²) in [5, 5.41) is 15.1. The molecule has 1 heterocycles. The van der Waals surface area contributed by atoms with Crippen molar-refractivity contribution in [1.29, 1.82) is 5.26 Å². The summed E-state index contributed by atoms with van der Waals surface area (Å²) >= 11 is 0. The van der Waals surface area contributed by atoms with E-state index in [2.05, 4.69) is 16.7 Å². The topological polar surface area (TPSA) is 83.4 Å². The van der Waals surface area contributed by atoms with Gasteiger partial charge in [-0.1, -0.05) is 6.07 Å². The van der Waals surface area contributed by atoms with Crippen LogP contribution in [0.3, 0.4) is 0 Å². The van der Waals surface area contributed by atoms with Crippen LogP contribution >= 0.6 is 0 Å². The quantitative estimate of drug-likeness (QED) is 0.824. The number of carbonyl (C=O) groups is 1. The maximum absolute atomic E-state index is 12.5. The lowest BCUT2D eigenvalue weighted by Gasteiger charge is -2.23. The summed E-state index contributed by atoms with van der Waals surface area (Å²) < 4.78 is 11.2. The molecule has 0 radical (unpaired) electrons. The molecule has 6 nitrogen and oxygen atoms in total. The van der Waals surface area contributed by atoms with Crippen LogP contribution < -0.4 is 20.1 Å². The molecule has 1 atom stereocenters. The molecule has 6 heteroatoms. The van der Waals surface area contributed by atoms with Crippen molar-refractivity contribution in [1.82, 2.24) is 5.32 Å². The number of nitrogens with one attached hydrogen (secondary N) is 2. The molecular formula is C21H21N3O3. The molecule has 0 bridgehead atoms. The van der Waals surface area contributed by atoms with Gasteiger partial charge in [0, 0.05) is 5.69 Å². The molecule has 27 heavy (non-hydrogen) atoms. The predicted molar refractivity (Wildman–Crippen MR) is 101 cm³/mol. The normalized spacial score (nSPS) is 16.1. The van der Waals surface area contributed by atoms with E-state index >= 15 is 0 Å². The molecule has 1 aliphatic heterocycles. The highest BCUT2D eigenvalue weighted by atomic mass is 16.6. The second-order valence-corrected chi connectivity index (χ2v) is 6.83. The molecule has 4 rings (SSSR count). The van der Waals surface area contributed by atoms with Gasteiger partial charge in [0.2, 0.25) is 5.91 Å². The van der Waals surface area contributed by atoms with Crippen LogP contribution in [0.25, 0.3) is 0 Å². The Labute approximate surface area is 158 Å². The fourth-order valence-corrected chi connectivity index (χ4v) is 3.23. The maximum Gasteiger partial charge on any atom is 0.239 e. The Morgan fingerprint density at radius 2 is 1.85 bits per heavy atom. The molecule has 0 aromatic heterocycles. The Morgan fingerprint density at radius 1 is 1.11 bits per heavy atom. The van der Waals surface area contributed by atoms with Crippen LogP contribution in [0.5, 0.6) is 11.5 Å². The van der Waals surface area contributed by atoms with Crippen molar-refractivity contribution >= 4 is 11.6 Å². The summed E-state index contributed by atoms with van der Waals surface area (Å²) in [6, 6.07) is 15.0. The number of benzene rings is 2. The zero-order chi connectivity index (χ0) is 18.6. The fourth-order valence-electron chi connectivity index (χ4n) is 3.23. The molecular weight excluding hydrogens is 342 g/mol. The van der Waals surface area contributed by atoms with Crippen molar-refractivity contribution in [3.8, 4) is 17.6 Å². The van der Waals surface area contributed by atoms with Crippen molar-refractivity contribution in [2.24, 2.45) is 5.92 Å². The Balaban J connectivity index is 1.39. The van der Waals surface area contributed by atoms with Crippen molar-refractivity contribution < 1.29 is 14.3 Å². The van der Waals surface area contributed by atoms with E-state index in [0.717, 1.165) is 35.6 Å². The lowest BCUT2D eigenvalue weighted by molar-refractivity contribution is -0.120. The van der Waals surface area contributed by atoms with Crippen LogP contribution in [-0.2, 0) is 4.79 Å². The van der Waals surface area contributed by atoms with Crippen LogP contribution in [0, 0.1) is 17.2 Å². The summed E-state index contributed by atoms with van der Waals surface area (Å²) in [7, 11) is 0. The van der Waals surface area contributed by atoms with Gasteiger partial charge in [-0.3, -0.25) is 4.79 Å². The average Bonchev–Trinajstić information content (AvgIpc) is 3.55. The van der Waals surface area contributed by atoms with E-state index in [1.54, 1.807) is 24.3 Å². The van der Waals surface area contributed by atoms with Gasteiger partial charge in [0.15, 0.2) is 11.5 Å². The van der Waals surface area contributed by atoms with Gasteiger partial charge in [-0.25, -0.2) is 0 Å². The predicted octanol–water partition coefficient (Wildman–Crippen LogP) is 3.01. The standard InChI is InChI=1S/C21H21N3O3/c22-12-14-1-6-17(7-2-14)23-13-20(25)24-21(15-3-4-15)16-5-8-18-19(11-16)27-10-9-26-18/h1-2,5-8,11,15,21,23H,3-4,9-10,13H2,(H,24,25). The maximum atomic E-state index is 12.5. The van der Waals surface area contributed by atoms with Crippen LogP contribution in [0.1, 0.15) is 30.0 Å². The first-order valence-electron chi connectivity index (χ1n) is 9.16. The molecule has 1 saturated carbocycles. The van der Waals surface area contributed by atoms with Crippen molar-refractivity contribution in [3.05, 3.63) is 53.6 Å². The summed E-state index contributed by atoms with van der Waals surface area (Å²) in [5.41, 5.74) is 2.46. The summed E-state index contributed by atoms with van der Waals surface area (Å²) in [6.07, 6.45) is 2.23.